The number of hydrogen-bond donors (Lipinski definition) is 4. The molecule has 1 aliphatic heterocycles. The van der Waals surface area contributed by atoms with Crippen LogP contribution in [0.3, 0.4) is 0 Å². The van der Waals surface area contributed by atoms with Gasteiger partial charge >= 0.3 is 0 Å². The lowest BCUT2D eigenvalue weighted by Crippen LogP contribution is -2.60. The Hall–Kier alpha value is -0.700. The van der Waals surface area contributed by atoms with Crippen LogP contribution in [0.2, 0.25) is 0 Å². The molecule has 1 saturated heterocycles. The van der Waals surface area contributed by atoms with Crippen LogP contribution in [-0.4, -0.2) is 57.7 Å². The summed E-state index contributed by atoms with van der Waals surface area (Å²) in [5.74, 6) is 0.438. The maximum Gasteiger partial charge on any atom is 0.229 e. The molecule has 0 saturated carbocycles. The minimum atomic E-state index is -1.44. The number of halogens is 1. The van der Waals surface area contributed by atoms with Gasteiger partial charge in [-0.15, -0.1) is 0 Å². The third-order valence-electron chi connectivity index (χ3n) is 2.91. The molecule has 1 fully saturated rings. The zero-order valence-electron chi connectivity index (χ0n) is 9.89. The molecule has 1 aromatic carbocycles. The lowest BCUT2D eigenvalue weighted by Gasteiger charge is -2.39. The molecular weight excluding hydrogens is 320 g/mol. The van der Waals surface area contributed by atoms with Gasteiger partial charge in [0.1, 0.15) is 30.2 Å². The predicted octanol–water partition coefficient (Wildman–Crippen LogP) is -0.372. The maximum absolute atomic E-state index is 9.79. The normalized spacial score (nSPS) is 35.1. The van der Waals surface area contributed by atoms with Crippen LogP contribution in [0.5, 0.6) is 5.75 Å². The largest absolute Gasteiger partial charge is 0.462 e. The molecule has 0 amide bonds. The zero-order valence-corrected chi connectivity index (χ0v) is 11.5. The Morgan fingerprint density at radius 1 is 1.05 bits per heavy atom. The van der Waals surface area contributed by atoms with Gasteiger partial charge in [-0.05, 0) is 24.3 Å². The summed E-state index contributed by atoms with van der Waals surface area (Å²) in [5, 5.41) is 38.1. The summed E-state index contributed by atoms with van der Waals surface area (Å²) in [6, 6.07) is 6.82. The van der Waals surface area contributed by atoms with Gasteiger partial charge in [-0.2, -0.15) is 0 Å². The lowest BCUT2D eigenvalue weighted by molar-refractivity contribution is -0.277. The number of aliphatic hydroxyl groups is 4. The Morgan fingerprint density at radius 3 is 2.26 bits per heavy atom. The minimum Gasteiger partial charge on any atom is -0.462 e. The Bertz CT molecular complexity index is 409. The van der Waals surface area contributed by atoms with Gasteiger partial charge in [-0.25, -0.2) is 0 Å². The first kappa shape index (κ1) is 14.7. The van der Waals surface area contributed by atoms with Crippen LogP contribution in [0.15, 0.2) is 28.7 Å². The number of benzene rings is 1. The topological polar surface area (TPSA) is 99.4 Å². The fraction of sp³-hybridized carbons (Fsp3) is 0.500. The third kappa shape index (κ3) is 3.25. The second-order valence-electron chi connectivity index (χ2n) is 4.27. The van der Waals surface area contributed by atoms with Crippen molar-refractivity contribution in [1.29, 1.82) is 0 Å². The fourth-order valence-corrected chi connectivity index (χ4v) is 2.08. The van der Waals surface area contributed by atoms with Gasteiger partial charge in [0.05, 0.1) is 6.61 Å². The maximum atomic E-state index is 9.79. The molecule has 6 nitrogen and oxygen atoms in total. The Morgan fingerprint density at radius 2 is 1.68 bits per heavy atom. The van der Waals surface area contributed by atoms with E-state index in [9.17, 15) is 15.3 Å². The molecular formula is C12H15BrO6. The summed E-state index contributed by atoms with van der Waals surface area (Å²) < 4.78 is 11.5. The second kappa shape index (κ2) is 6.17. The van der Waals surface area contributed by atoms with Crippen molar-refractivity contribution < 1.29 is 29.9 Å². The number of rotatable bonds is 3. The fourth-order valence-electron chi connectivity index (χ4n) is 1.81. The lowest BCUT2D eigenvalue weighted by atomic mass is 9.99. The minimum absolute atomic E-state index is 0.438. The van der Waals surface area contributed by atoms with Gasteiger partial charge in [0.2, 0.25) is 6.29 Å². The highest BCUT2D eigenvalue weighted by atomic mass is 79.9. The van der Waals surface area contributed by atoms with Crippen molar-refractivity contribution in [2.75, 3.05) is 6.61 Å². The van der Waals surface area contributed by atoms with Crippen LogP contribution in [0.4, 0.5) is 0 Å². The van der Waals surface area contributed by atoms with E-state index in [1.54, 1.807) is 24.3 Å². The molecule has 106 valence electrons. The summed E-state index contributed by atoms with van der Waals surface area (Å²) >= 11 is 3.28. The van der Waals surface area contributed by atoms with Crippen LogP contribution in [0.1, 0.15) is 0 Å². The third-order valence-corrected chi connectivity index (χ3v) is 3.44. The molecule has 19 heavy (non-hydrogen) atoms. The summed E-state index contributed by atoms with van der Waals surface area (Å²) in [4.78, 5) is 0. The smallest absolute Gasteiger partial charge is 0.229 e. The molecule has 0 bridgehead atoms. The van der Waals surface area contributed by atoms with E-state index in [2.05, 4.69) is 15.9 Å². The van der Waals surface area contributed by atoms with E-state index in [4.69, 9.17) is 14.6 Å². The van der Waals surface area contributed by atoms with E-state index < -0.39 is 37.3 Å². The van der Waals surface area contributed by atoms with Crippen molar-refractivity contribution in [2.24, 2.45) is 0 Å². The molecule has 1 heterocycles. The van der Waals surface area contributed by atoms with Crippen molar-refractivity contribution in [1.82, 2.24) is 0 Å². The van der Waals surface area contributed by atoms with Crippen molar-refractivity contribution in [3.8, 4) is 5.75 Å². The van der Waals surface area contributed by atoms with Crippen molar-refractivity contribution in [2.45, 2.75) is 30.7 Å². The molecule has 5 atom stereocenters. The molecule has 1 aliphatic rings. The van der Waals surface area contributed by atoms with Crippen LogP contribution >= 0.6 is 15.9 Å². The molecule has 0 spiro atoms. The summed E-state index contributed by atoms with van der Waals surface area (Å²) in [6.45, 7) is -0.481. The van der Waals surface area contributed by atoms with Crippen molar-refractivity contribution >= 4 is 15.9 Å². The average molecular weight is 335 g/mol. The van der Waals surface area contributed by atoms with Crippen LogP contribution in [0, 0.1) is 0 Å². The predicted molar refractivity (Wildman–Crippen MR) is 68.5 cm³/mol. The van der Waals surface area contributed by atoms with Crippen molar-refractivity contribution in [3.05, 3.63) is 28.7 Å². The summed E-state index contributed by atoms with van der Waals surface area (Å²) in [6.07, 6.45) is -6.35. The quantitative estimate of drug-likeness (QED) is 0.602. The van der Waals surface area contributed by atoms with E-state index >= 15 is 0 Å². The highest BCUT2D eigenvalue weighted by Gasteiger charge is 2.44. The number of aliphatic hydroxyl groups excluding tert-OH is 4. The standard InChI is InChI=1S/C12H15BrO6/c13-6-1-3-7(4-2-6)18-12-11(17)10(16)9(15)8(5-14)19-12/h1-4,8-12,14-17H,5H2/t8-,9+,10-,11-,12-/m0/s1. The molecule has 0 aromatic heterocycles. The highest BCUT2D eigenvalue weighted by molar-refractivity contribution is 9.10. The first-order valence-electron chi connectivity index (χ1n) is 5.75. The van der Waals surface area contributed by atoms with E-state index in [1.807, 2.05) is 0 Å². The first-order chi connectivity index (χ1) is 9.02. The van der Waals surface area contributed by atoms with E-state index in [0.717, 1.165) is 4.47 Å². The van der Waals surface area contributed by atoms with Gasteiger partial charge < -0.3 is 29.9 Å². The van der Waals surface area contributed by atoms with Crippen molar-refractivity contribution in [3.63, 3.8) is 0 Å². The molecule has 0 unspecified atom stereocenters. The zero-order chi connectivity index (χ0) is 14.0. The van der Waals surface area contributed by atoms with E-state index in [-0.39, 0.29) is 0 Å². The number of hydrogen-bond acceptors (Lipinski definition) is 6. The Balaban J connectivity index is 2.08. The summed E-state index contributed by atoms with van der Waals surface area (Å²) in [5.41, 5.74) is 0. The second-order valence-corrected chi connectivity index (χ2v) is 5.18. The molecule has 2 rings (SSSR count). The number of ether oxygens (including phenoxy) is 2. The highest BCUT2D eigenvalue weighted by Crippen LogP contribution is 2.25. The first-order valence-corrected chi connectivity index (χ1v) is 6.55. The van der Waals surface area contributed by atoms with Crippen LogP contribution < -0.4 is 4.74 Å². The van der Waals surface area contributed by atoms with Gasteiger partial charge in [-0.3, -0.25) is 0 Å². The van der Waals surface area contributed by atoms with Gasteiger partial charge in [0.25, 0.3) is 0 Å². The Kier molecular flexibility index (Phi) is 4.77. The monoisotopic (exact) mass is 334 g/mol. The van der Waals surface area contributed by atoms with Gasteiger partial charge in [0.15, 0.2) is 0 Å². The van der Waals surface area contributed by atoms with E-state index in [1.165, 1.54) is 0 Å². The molecule has 1 aromatic rings. The molecule has 0 radical (unpaired) electrons. The summed E-state index contributed by atoms with van der Waals surface area (Å²) in [7, 11) is 0. The van der Waals surface area contributed by atoms with Crippen LogP contribution in [-0.2, 0) is 4.74 Å². The average Bonchev–Trinajstić information content (AvgIpc) is 2.42. The molecule has 4 N–H and O–H groups in total. The van der Waals surface area contributed by atoms with Gasteiger partial charge in [0, 0.05) is 4.47 Å². The van der Waals surface area contributed by atoms with Crippen LogP contribution in [0.25, 0.3) is 0 Å². The van der Waals surface area contributed by atoms with Gasteiger partial charge in [-0.1, -0.05) is 15.9 Å². The Labute approximate surface area is 118 Å². The SMILES string of the molecule is OC[C@@H]1O[C@H](Oc2ccc(Br)cc2)[C@@H](O)[C@@H](O)[C@@H]1O. The van der Waals surface area contributed by atoms with E-state index in [0.29, 0.717) is 5.75 Å². The molecule has 7 heteroatoms. The molecule has 0 aliphatic carbocycles.